The Morgan fingerprint density at radius 2 is 1.39 bits per heavy atom. The zero-order valence-electron chi connectivity index (χ0n) is 28.8. The molecule has 1 heterocycles. The van der Waals surface area contributed by atoms with Crippen molar-refractivity contribution in [3.63, 3.8) is 0 Å². The lowest BCUT2D eigenvalue weighted by atomic mass is 9.80. The molecule has 3 aromatic carbocycles. The third-order valence-electron chi connectivity index (χ3n) is 8.69. The van der Waals surface area contributed by atoms with Gasteiger partial charge in [-0.1, -0.05) is 54.6 Å². The number of ether oxygens (including phenoxy) is 6. The van der Waals surface area contributed by atoms with Crippen molar-refractivity contribution in [1.82, 2.24) is 10.2 Å². The predicted octanol–water partition coefficient (Wildman–Crippen LogP) is 4.15. The summed E-state index contributed by atoms with van der Waals surface area (Å²) >= 11 is 0. The number of benzene rings is 3. The smallest absolute Gasteiger partial charge is 0.247 e. The number of rotatable bonds is 20. The van der Waals surface area contributed by atoms with E-state index in [-0.39, 0.29) is 44.2 Å². The quantitative estimate of drug-likeness (QED) is 0.103. The summed E-state index contributed by atoms with van der Waals surface area (Å²) in [6.07, 6.45) is 1.54. The highest BCUT2D eigenvalue weighted by Gasteiger charge is 2.40. The van der Waals surface area contributed by atoms with E-state index in [2.05, 4.69) is 5.32 Å². The number of nitrogens with one attached hydrogen (secondary N) is 1. The Labute approximate surface area is 289 Å². The van der Waals surface area contributed by atoms with Gasteiger partial charge in [-0.3, -0.25) is 9.59 Å². The molecule has 266 valence electrons. The zero-order chi connectivity index (χ0) is 34.9. The van der Waals surface area contributed by atoms with Gasteiger partial charge in [-0.05, 0) is 66.6 Å². The Kier molecular flexibility index (Phi) is 15.3. The normalized spacial score (nSPS) is 14.3. The van der Waals surface area contributed by atoms with Gasteiger partial charge in [-0.2, -0.15) is 0 Å². The first-order valence-electron chi connectivity index (χ1n) is 16.9. The Balaban J connectivity index is 1.65. The largest absolute Gasteiger partial charge is 0.497 e. The van der Waals surface area contributed by atoms with E-state index in [9.17, 15) is 9.59 Å². The number of aliphatic hydroxyl groups is 1. The molecule has 3 aromatic rings. The van der Waals surface area contributed by atoms with Crippen LogP contribution in [0.25, 0.3) is 0 Å². The first-order valence-corrected chi connectivity index (χ1v) is 16.9. The predicted molar refractivity (Wildman–Crippen MR) is 184 cm³/mol. The number of piperidine rings is 1. The highest BCUT2D eigenvalue weighted by Crippen LogP contribution is 2.42. The molecule has 2 amide bonds. The van der Waals surface area contributed by atoms with Crippen LogP contribution in [-0.2, 0) is 34.1 Å². The Morgan fingerprint density at radius 3 is 1.94 bits per heavy atom. The van der Waals surface area contributed by atoms with Crippen LogP contribution in [0.5, 0.6) is 11.5 Å². The van der Waals surface area contributed by atoms with E-state index in [1.54, 1.807) is 19.1 Å². The number of carbonyl (C=O) groups is 2. The minimum atomic E-state index is -1.17. The molecular formula is C38H50N2O9. The molecule has 1 atom stereocenters. The summed E-state index contributed by atoms with van der Waals surface area (Å²) in [5.74, 6) is 1.08. The summed E-state index contributed by atoms with van der Waals surface area (Å²) in [7, 11) is 3.23. The van der Waals surface area contributed by atoms with Crippen LogP contribution in [0.1, 0.15) is 42.9 Å². The molecule has 0 aromatic heterocycles. The average molecular weight is 679 g/mol. The molecule has 11 nitrogen and oxygen atoms in total. The highest BCUT2D eigenvalue weighted by atomic mass is 16.6. The first-order chi connectivity index (χ1) is 23.9. The molecule has 1 aliphatic heterocycles. The molecule has 11 heteroatoms. The van der Waals surface area contributed by atoms with Gasteiger partial charge < -0.3 is 43.7 Å². The van der Waals surface area contributed by atoms with Gasteiger partial charge in [0.25, 0.3) is 0 Å². The summed E-state index contributed by atoms with van der Waals surface area (Å²) < 4.78 is 34.0. The Hall–Kier alpha value is -4.00. The molecule has 1 fully saturated rings. The zero-order valence-corrected chi connectivity index (χ0v) is 28.8. The van der Waals surface area contributed by atoms with Crippen molar-refractivity contribution >= 4 is 11.8 Å². The topological polar surface area (TPSA) is 125 Å². The van der Waals surface area contributed by atoms with Gasteiger partial charge in [0.15, 0.2) is 0 Å². The van der Waals surface area contributed by atoms with Crippen LogP contribution < -0.4 is 14.8 Å². The van der Waals surface area contributed by atoms with Crippen molar-refractivity contribution in [1.29, 1.82) is 0 Å². The van der Waals surface area contributed by atoms with E-state index < -0.39 is 11.6 Å². The lowest BCUT2D eigenvalue weighted by Crippen LogP contribution is -2.54. The number of hydrogen-bond acceptors (Lipinski definition) is 9. The summed E-state index contributed by atoms with van der Waals surface area (Å²) in [6.45, 7) is 4.54. The van der Waals surface area contributed by atoms with Crippen LogP contribution in [0.2, 0.25) is 0 Å². The van der Waals surface area contributed by atoms with Gasteiger partial charge in [0, 0.05) is 26.1 Å². The molecule has 0 spiro atoms. The second kappa shape index (κ2) is 19.9. The minimum absolute atomic E-state index is 0.0806. The van der Waals surface area contributed by atoms with E-state index in [1.807, 2.05) is 85.8 Å². The molecule has 49 heavy (non-hydrogen) atoms. The molecule has 1 unspecified atom stereocenters. The fourth-order valence-corrected chi connectivity index (χ4v) is 6.01. The van der Waals surface area contributed by atoms with E-state index in [0.717, 1.165) is 29.5 Å². The molecule has 1 saturated heterocycles. The molecular weight excluding hydrogens is 628 g/mol. The standard InChI is InChI=1S/C38H50N2O9/c1-4-46-24-25-47-23-20-36(42)39-35(37(43)40-21-18-29(19-22-40)26-48-28-41)27-49-38(30-8-6-5-7-9-30,31-10-14-33(44-2)15-11-31)32-12-16-34(45-3)17-13-32/h5-17,29,35,41H,4,18-28H2,1-3H3,(H,39,42). The maximum Gasteiger partial charge on any atom is 0.247 e. The number of likely N-dealkylation sites (tertiary alicyclic amines) is 1. The van der Waals surface area contributed by atoms with Crippen molar-refractivity contribution in [2.75, 3.05) is 73.7 Å². The van der Waals surface area contributed by atoms with Crippen LogP contribution in [0, 0.1) is 5.92 Å². The summed E-state index contributed by atoms with van der Waals surface area (Å²) in [6, 6.07) is 24.1. The summed E-state index contributed by atoms with van der Waals surface area (Å²) in [5.41, 5.74) is 1.31. The van der Waals surface area contributed by atoms with Crippen LogP contribution in [-0.4, -0.2) is 102 Å². The molecule has 0 saturated carbocycles. The van der Waals surface area contributed by atoms with Crippen LogP contribution in [0.15, 0.2) is 78.9 Å². The number of carbonyl (C=O) groups excluding carboxylic acids is 2. The highest BCUT2D eigenvalue weighted by molar-refractivity contribution is 5.88. The molecule has 4 rings (SSSR count). The third kappa shape index (κ3) is 10.5. The van der Waals surface area contributed by atoms with Crippen LogP contribution in [0.3, 0.4) is 0 Å². The van der Waals surface area contributed by atoms with Gasteiger partial charge in [-0.25, -0.2) is 0 Å². The molecule has 0 radical (unpaired) electrons. The summed E-state index contributed by atoms with van der Waals surface area (Å²) in [4.78, 5) is 29.2. The second-order valence-electron chi connectivity index (χ2n) is 11.8. The van der Waals surface area contributed by atoms with Crippen molar-refractivity contribution in [3.05, 3.63) is 95.6 Å². The molecule has 0 aliphatic carbocycles. The first kappa shape index (κ1) is 37.8. The number of nitrogens with zero attached hydrogens (tertiary/aromatic N) is 1. The van der Waals surface area contributed by atoms with Gasteiger partial charge in [-0.15, -0.1) is 0 Å². The van der Waals surface area contributed by atoms with Crippen molar-refractivity contribution in [2.24, 2.45) is 5.92 Å². The Bertz CT molecular complexity index is 1350. The molecule has 1 aliphatic rings. The second-order valence-corrected chi connectivity index (χ2v) is 11.8. The van der Waals surface area contributed by atoms with Crippen LogP contribution in [0.4, 0.5) is 0 Å². The maximum absolute atomic E-state index is 14.2. The molecule has 2 N–H and O–H groups in total. The lowest BCUT2D eigenvalue weighted by molar-refractivity contribution is -0.141. The van der Waals surface area contributed by atoms with Crippen molar-refractivity contribution < 1.29 is 43.1 Å². The van der Waals surface area contributed by atoms with Crippen molar-refractivity contribution in [3.8, 4) is 11.5 Å². The summed E-state index contributed by atoms with van der Waals surface area (Å²) in [5, 5.41) is 12.0. The fourth-order valence-electron chi connectivity index (χ4n) is 6.01. The number of hydrogen-bond donors (Lipinski definition) is 2. The van der Waals surface area contributed by atoms with E-state index in [0.29, 0.717) is 51.0 Å². The van der Waals surface area contributed by atoms with Crippen LogP contribution >= 0.6 is 0 Å². The van der Waals surface area contributed by atoms with E-state index >= 15 is 0 Å². The number of amides is 2. The maximum atomic E-state index is 14.2. The monoisotopic (exact) mass is 678 g/mol. The van der Waals surface area contributed by atoms with Gasteiger partial charge >= 0.3 is 0 Å². The average Bonchev–Trinajstić information content (AvgIpc) is 3.16. The molecule has 0 bridgehead atoms. The van der Waals surface area contributed by atoms with Crippen molar-refractivity contribution in [2.45, 2.75) is 37.8 Å². The number of aliphatic hydroxyl groups excluding tert-OH is 1. The minimum Gasteiger partial charge on any atom is -0.497 e. The SMILES string of the molecule is CCOCCOCCC(=O)NC(COC(c1ccccc1)(c1ccc(OC)cc1)c1ccc(OC)cc1)C(=O)N1CCC(COCO)CC1. The van der Waals surface area contributed by atoms with E-state index in [1.165, 1.54) is 0 Å². The van der Waals surface area contributed by atoms with Gasteiger partial charge in [0.1, 0.15) is 29.9 Å². The van der Waals surface area contributed by atoms with E-state index in [4.69, 9.17) is 33.5 Å². The fraction of sp³-hybridized carbons (Fsp3) is 0.474. The Morgan fingerprint density at radius 1 is 0.816 bits per heavy atom. The number of methoxy groups -OCH3 is 2. The third-order valence-corrected chi connectivity index (χ3v) is 8.69. The van der Waals surface area contributed by atoms with Gasteiger partial charge in [0.05, 0.1) is 47.3 Å². The lowest BCUT2D eigenvalue weighted by Gasteiger charge is -2.38. The van der Waals surface area contributed by atoms with Gasteiger partial charge in [0.2, 0.25) is 11.8 Å².